The van der Waals surface area contributed by atoms with Crippen LogP contribution in [0.4, 0.5) is 0 Å². The molecule has 0 radical (unpaired) electrons. The van der Waals surface area contributed by atoms with E-state index in [-0.39, 0.29) is 47.9 Å². The third-order valence-electron chi connectivity index (χ3n) is 7.78. The molecule has 1 fully saturated rings. The molecule has 0 bridgehead atoms. The van der Waals surface area contributed by atoms with E-state index in [2.05, 4.69) is 21.2 Å². The lowest BCUT2D eigenvalue weighted by Gasteiger charge is -2.45. The number of primary amides is 2. The molecule has 4 atom stereocenters. The SMILES string of the molecule is C#Cc1ccc2[nH]c(S(=O)(=O)N3CC(CC(N)=O)N(C(=O)c4nc5c(s4)CNC(C)C5C)C(CC(N)=O)C3)cc2c1. The highest BCUT2D eigenvalue weighted by Crippen LogP contribution is 2.34. The molecule has 41 heavy (non-hydrogen) atoms. The molecule has 0 spiro atoms. The number of H-pyrrole nitrogens is 1. The number of carbonyl (C=O) groups is 3. The van der Waals surface area contributed by atoms with Crippen LogP contribution in [0.25, 0.3) is 10.9 Å². The van der Waals surface area contributed by atoms with E-state index in [0.29, 0.717) is 23.0 Å². The summed E-state index contributed by atoms with van der Waals surface area (Å²) in [6.07, 6.45) is 4.85. The van der Waals surface area contributed by atoms with Crippen LogP contribution in [0.5, 0.6) is 0 Å². The Morgan fingerprint density at radius 1 is 1.12 bits per heavy atom. The fraction of sp³-hybridized carbons (Fsp3) is 0.407. The van der Waals surface area contributed by atoms with Gasteiger partial charge < -0.3 is 26.7 Å². The molecular formula is C27H31N7O5S2. The second kappa shape index (κ2) is 10.9. The Morgan fingerprint density at radius 2 is 1.78 bits per heavy atom. The van der Waals surface area contributed by atoms with Crippen molar-refractivity contribution < 1.29 is 22.8 Å². The van der Waals surface area contributed by atoms with E-state index in [0.717, 1.165) is 14.9 Å². The van der Waals surface area contributed by atoms with Gasteiger partial charge in [-0.2, -0.15) is 4.31 Å². The summed E-state index contributed by atoms with van der Waals surface area (Å²) in [5.41, 5.74) is 13.1. The summed E-state index contributed by atoms with van der Waals surface area (Å²) in [7, 11) is -4.15. The Hall–Kier alpha value is -3.77. The lowest BCUT2D eigenvalue weighted by atomic mass is 9.95. The van der Waals surface area contributed by atoms with Crippen molar-refractivity contribution in [2.45, 2.75) is 62.3 Å². The number of sulfonamides is 1. The first kappa shape index (κ1) is 28.7. The van der Waals surface area contributed by atoms with E-state index in [9.17, 15) is 22.8 Å². The van der Waals surface area contributed by atoms with Crippen molar-refractivity contribution in [2.75, 3.05) is 13.1 Å². The molecule has 1 saturated heterocycles. The molecule has 4 heterocycles. The number of aromatic amines is 1. The third kappa shape index (κ3) is 5.45. The number of hydrogen-bond acceptors (Lipinski definition) is 8. The molecule has 1 aromatic carbocycles. The number of fused-ring (bicyclic) bond motifs is 2. The number of thiazole rings is 1. The highest BCUT2D eigenvalue weighted by Gasteiger charge is 2.44. The fourth-order valence-corrected chi connectivity index (χ4v) is 8.12. The van der Waals surface area contributed by atoms with Gasteiger partial charge in [-0.1, -0.05) is 12.8 Å². The lowest BCUT2D eigenvalue weighted by molar-refractivity contribution is -0.120. The second-order valence-electron chi connectivity index (χ2n) is 10.5. The molecule has 2 aliphatic rings. The number of piperazine rings is 1. The molecule has 3 amide bonds. The van der Waals surface area contributed by atoms with Crippen LogP contribution >= 0.6 is 11.3 Å². The fourth-order valence-electron chi connectivity index (χ4n) is 5.53. The van der Waals surface area contributed by atoms with Gasteiger partial charge >= 0.3 is 0 Å². The molecule has 0 aliphatic carbocycles. The van der Waals surface area contributed by atoms with Gasteiger partial charge in [-0.15, -0.1) is 17.8 Å². The highest BCUT2D eigenvalue weighted by molar-refractivity contribution is 7.89. The second-order valence-corrected chi connectivity index (χ2v) is 13.5. The third-order valence-corrected chi connectivity index (χ3v) is 10.6. The van der Waals surface area contributed by atoms with Crippen LogP contribution in [-0.4, -0.2) is 76.5 Å². The molecular weight excluding hydrogens is 566 g/mol. The molecule has 6 N–H and O–H groups in total. The van der Waals surface area contributed by atoms with Crippen LogP contribution in [-0.2, 0) is 26.2 Å². The van der Waals surface area contributed by atoms with E-state index in [1.165, 1.54) is 22.3 Å². The van der Waals surface area contributed by atoms with Crippen molar-refractivity contribution in [3.8, 4) is 12.3 Å². The summed E-state index contributed by atoms with van der Waals surface area (Å²) in [5.74, 6) is 0.665. The number of terminal acetylenes is 1. The lowest BCUT2D eigenvalue weighted by Crippen LogP contribution is -2.62. The quantitative estimate of drug-likeness (QED) is 0.291. The molecule has 5 rings (SSSR count). The first-order chi connectivity index (χ1) is 19.4. The minimum absolute atomic E-state index is 0.0781. The zero-order chi connectivity index (χ0) is 29.6. The van der Waals surface area contributed by atoms with Gasteiger partial charge in [0.05, 0.1) is 17.8 Å². The zero-order valence-corrected chi connectivity index (χ0v) is 24.2. The molecule has 0 saturated carbocycles. The van der Waals surface area contributed by atoms with Crippen LogP contribution in [0.1, 0.15) is 58.5 Å². The number of nitrogens with one attached hydrogen (secondary N) is 2. The van der Waals surface area contributed by atoms with E-state index in [4.69, 9.17) is 17.9 Å². The van der Waals surface area contributed by atoms with Gasteiger partial charge in [0.25, 0.3) is 15.9 Å². The number of amides is 3. The molecule has 12 nitrogen and oxygen atoms in total. The molecule has 2 aromatic heterocycles. The normalized spacial score (nSPS) is 23.2. The van der Waals surface area contributed by atoms with Gasteiger partial charge in [0, 0.05) is 65.8 Å². The van der Waals surface area contributed by atoms with E-state index >= 15 is 0 Å². The van der Waals surface area contributed by atoms with Gasteiger partial charge in [0.2, 0.25) is 11.8 Å². The average Bonchev–Trinajstić information content (AvgIpc) is 3.54. The maximum Gasteiger partial charge on any atom is 0.283 e. The Kier molecular flexibility index (Phi) is 7.64. The molecule has 14 heteroatoms. The number of benzene rings is 1. The Bertz CT molecular complexity index is 1660. The largest absolute Gasteiger partial charge is 0.370 e. The molecule has 216 valence electrons. The van der Waals surface area contributed by atoms with Gasteiger partial charge in [-0.3, -0.25) is 14.4 Å². The van der Waals surface area contributed by atoms with Crippen molar-refractivity contribution in [1.82, 2.24) is 24.5 Å². The highest BCUT2D eigenvalue weighted by atomic mass is 32.2. The monoisotopic (exact) mass is 597 g/mol. The topological polar surface area (TPSA) is 185 Å². The summed E-state index contributed by atoms with van der Waals surface area (Å²) in [4.78, 5) is 48.1. The van der Waals surface area contributed by atoms with E-state index in [1.807, 2.05) is 13.8 Å². The number of carbonyl (C=O) groups excluding carboxylic acids is 3. The minimum atomic E-state index is -4.15. The molecule has 2 aliphatic heterocycles. The van der Waals surface area contributed by atoms with E-state index in [1.54, 1.807) is 18.2 Å². The zero-order valence-electron chi connectivity index (χ0n) is 22.6. The maximum absolute atomic E-state index is 14.0. The van der Waals surface area contributed by atoms with Gasteiger partial charge in [0.1, 0.15) is 5.03 Å². The molecule has 3 aromatic rings. The summed E-state index contributed by atoms with van der Waals surface area (Å²) in [6.45, 7) is 4.22. The van der Waals surface area contributed by atoms with Gasteiger partial charge in [-0.25, -0.2) is 13.4 Å². The predicted octanol–water partition coefficient (Wildman–Crippen LogP) is 0.836. The summed E-state index contributed by atoms with van der Waals surface area (Å²) >= 11 is 1.25. The molecule has 4 unspecified atom stereocenters. The Labute approximate surface area is 241 Å². The van der Waals surface area contributed by atoms with Crippen molar-refractivity contribution in [3.63, 3.8) is 0 Å². The number of nitrogens with zero attached hydrogens (tertiary/aromatic N) is 3. The summed E-state index contributed by atoms with van der Waals surface area (Å²) < 4.78 is 28.8. The van der Waals surface area contributed by atoms with Crippen molar-refractivity contribution in [3.05, 3.63) is 45.4 Å². The first-order valence-corrected chi connectivity index (χ1v) is 15.4. The Balaban J connectivity index is 1.51. The van der Waals surface area contributed by atoms with Crippen molar-refractivity contribution in [1.29, 1.82) is 0 Å². The van der Waals surface area contributed by atoms with Crippen molar-refractivity contribution in [2.24, 2.45) is 11.5 Å². The van der Waals surface area contributed by atoms with E-state index < -0.39 is 39.8 Å². The van der Waals surface area contributed by atoms with Gasteiger partial charge in [-0.05, 0) is 31.2 Å². The number of hydrogen-bond donors (Lipinski definition) is 4. The number of rotatable bonds is 7. The van der Waals surface area contributed by atoms with Crippen LogP contribution in [0, 0.1) is 12.3 Å². The van der Waals surface area contributed by atoms with Crippen molar-refractivity contribution >= 4 is 50.0 Å². The minimum Gasteiger partial charge on any atom is -0.370 e. The van der Waals surface area contributed by atoms with Crippen LogP contribution in [0.2, 0.25) is 0 Å². The predicted molar refractivity (Wildman–Crippen MR) is 153 cm³/mol. The van der Waals surface area contributed by atoms with Crippen LogP contribution in [0.3, 0.4) is 0 Å². The Morgan fingerprint density at radius 3 is 2.39 bits per heavy atom. The number of aromatic nitrogens is 2. The van der Waals surface area contributed by atoms with Gasteiger partial charge in [0.15, 0.2) is 5.01 Å². The standard InChI is InChI=1S/C27H31N7O5S2/c1-4-16-5-6-20-17(7-16)8-24(31-20)41(38,39)33-12-18(9-22(28)35)34(19(13-33)10-23(29)36)27(37)26-32-25-14(2)15(3)30-11-21(25)40-26/h1,5-8,14-15,18-19,30-31H,9-13H2,2-3H3,(H2,28,35)(H2,29,36). The van der Waals surface area contributed by atoms with Crippen LogP contribution in [0.15, 0.2) is 29.3 Å². The summed E-state index contributed by atoms with van der Waals surface area (Å²) in [5, 5.41) is 4.12. The van der Waals surface area contributed by atoms with Crippen LogP contribution < -0.4 is 16.8 Å². The smallest absolute Gasteiger partial charge is 0.283 e. The maximum atomic E-state index is 14.0. The average molecular weight is 598 g/mol. The summed E-state index contributed by atoms with van der Waals surface area (Å²) in [6, 6.07) is 4.84. The first-order valence-electron chi connectivity index (χ1n) is 13.1. The number of nitrogens with two attached hydrogens (primary N) is 2.